The Bertz CT molecular complexity index is 456. The standard InChI is InChI=1S/C13H15NO/c15-11-5-1-4-9-14-10-8-12-6-2-3-7-13(12)14/h1-3,5-8,10,15H,4,9,11H2/b5-1+. The van der Waals surface area contributed by atoms with Crippen LogP contribution in [0.3, 0.4) is 0 Å². The lowest BCUT2D eigenvalue weighted by Crippen LogP contribution is -1.94. The Morgan fingerprint density at radius 1 is 1.13 bits per heavy atom. The van der Waals surface area contributed by atoms with Crippen molar-refractivity contribution < 1.29 is 5.11 Å². The Balaban J connectivity index is 2.11. The molecule has 1 aromatic heterocycles. The van der Waals surface area contributed by atoms with E-state index >= 15 is 0 Å². The molecule has 1 heterocycles. The van der Waals surface area contributed by atoms with Gasteiger partial charge in [-0.05, 0) is 23.9 Å². The topological polar surface area (TPSA) is 25.2 Å². The number of nitrogens with zero attached hydrogens (tertiary/aromatic N) is 1. The minimum atomic E-state index is 0.131. The van der Waals surface area contributed by atoms with Crippen molar-refractivity contribution in [1.29, 1.82) is 0 Å². The summed E-state index contributed by atoms with van der Waals surface area (Å²) in [6, 6.07) is 10.5. The van der Waals surface area contributed by atoms with Crippen molar-refractivity contribution in [3.8, 4) is 0 Å². The van der Waals surface area contributed by atoms with E-state index in [4.69, 9.17) is 5.11 Å². The molecule has 0 atom stereocenters. The summed E-state index contributed by atoms with van der Waals surface area (Å²) in [5.74, 6) is 0. The van der Waals surface area contributed by atoms with Gasteiger partial charge in [-0.25, -0.2) is 0 Å². The summed E-state index contributed by atoms with van der Waals surface area (Å²) in [5.41, 5.74) is 1.27. The predicted octanol–water partition coefficient (Wildman–Crippen LogP) is 2.58. The van der Waals surface area contributed by atoms with Crippen LogP contribution in [0.2, 0.25) is 0 Å². The fourth-order valence-corrected chi connectivity index (χ4v) is 1.74. The summed E-state index contributed by atoms with van der Waals surface area (Å²) < 4.78 is 2.23. The number of aliphatic hydroxyl groups excluding tert-OH is 1. The first-order valence-electron chi connectivity index (χ1n) is 5.21. The molecule has 2 nitrogen and oxygen atoms in total. The van der Waals surface area contributed by atoms with Crippen LogP contribution in [0.1, 0.15) is 6.42 Å². The van der Waals surface area contributed by atoms with Crippen LogP contribution >= 0.6 is 0 Å². The molecule has 0 fully saturated rings. The number of allylic oxidation sites excluding steroid dienone is 1. The summed E-state index contributed by atoms with van der Waals surface area (Å²) in [4.78, 5) is 0. The van der Waals surface area contributed by atoms with E-state index in [-0.39, 0.29) is 6.61 Å². The first-order chi connectivity index (χ1) is 7.42. The molecular weight excluding hydrogens is 186 g/mol. The fourth-order valence-electron chi connectivity index (χ4n) is 1.74. The van der Waals surface area contributed by atoms with Crippen molar-refractivity contribution in [1.82, 2.24) is 4.57 Å². The van der Waals surface area contributed by atoms with Gasteiger partial charge in [-0.3, -0.25) is 0 Å². The van der Waals surface area contributed by atoms with Crippen LogP contribution in [-0.4, -0.2) is 16.3 Å². The van der Waals surface area contributed by atoms with Crippen molar-refractivity contribution >= 4 is 10.9 Å². The van der Waals surface area contributed by atoms with Crippen molar-refractivity contribution in [3.63, 3.8) is 0 Å². The van der Waals surface area contributed by atoms with Crippen LogP contribution in [0.15, 0.2) is 48.7 Å². The monoisotopic (exact) mass is 201 g/mol. The second-order valence-corrected chi connectivity index (χ2v) is 3.51. The van der Waals surface area contributed by atoms with Gasteiger partial charge < -0.3 is 9.67 Å². The zero-order valence-electron chi connectivity index (χ0n) is 8.63. The SMILES string of the molecule is OC/C=C/CCn1ccc2ccccc21. The molecule has 0 aliphatic carbocycles. The number of aryl methyl sites for hydroxylation is 1. The molecule has 2 heteroatoms. The number of hydrogen-bond donors (Lipinski definition) is 1. The summed E-state index contributed by atoms with van der Waals surface area (Å²) in [7, 11) is 0. The van der Waals surface area contributed by atoms with Gasteiger partial charge in [0.15, 0.2) is 0 Å². The molecule has 0 bridgehead atoms. The highest BCUT2D eigenvalue weighted by Crippen LogP contribution is 2.15. The highest BCUT2D eigenvalue weighted by Gasteiger charge is 1.97. The molecule has 0 aliphatic heterocycles. The molecule has 0 unspecified atom stereocenters. The van der Waals surface area contributed by atoms with Crippen LogP contribution < -0.4 is 0 Å². The molecule has 0 aliphatic rings. The van der Waals surface area contributed by atoms with E-state index in [1.807, 2.05) is 6.08 Å². The van der Waals surface area contributed by atoms with E-state index in [0.717, 1.165) is 13.0 Å². The van der Waals surface area contributed by atoms with Crippen molar-refractivity contribution in [2.75, 3.05) is 6.61 Å². The van der Waals surface area contributed by atoms with Crippen LogP contribution in [0, 0.1) is 0 Å². The van der Waals surface area contributed by atoms with Crippen molar-refractivity contribution in [2.24, 2.45) is 0 Å². The Kier molecular flexibility index (Phi) is 3.20. The molecule has 2 rings (SSSR count). The van der Waals surface area contributed by atoms with Gasteiger partial charge in [0.25, 0.3) is 0 Å². The van der Waals surface area contributed by atoms with Crippen LogP contribution in [0.5, 0.6) is 0 Å². The summed E-state index contributed by atoms with van der Waals surface area (Å²) in [6.07, 6.45) is 6.86. The molecule has 1 aromatic carbocycles. The lowest BCUT2D eigenvalue weighted by molar-refractivity contribution is 0.342. The number of hydrogen-bond acceptors (Lipinski definition) is 1. The number of rotatable bonds is 4. The summed E-state index contributed by atoms with van der Waals surface area (Å²) in [6.45, 7) is 1.09. The van der Waals surface area contributed by atoms with Gasteiger partial charge in [-0.1, -0.05) is 30.4 Å². The third-order valence-corrected chi connectivity index (χ3v) is 2.49. The van der Waals surface area contributed by atoms with E-state index in [2.05, 4.69) is 41.1 Å². The van der Waals surface area contributed by atoms with Crippen LogP contribution in [0.4, 0.5) is 0 Å². The van der Waals surface area contributed by atoms with Gasteiger partial charge in [-0.15, -0.1) is 0 Å². The van der Waals surface area contributed by atoms with Gasteiger partial charge in [0, 0.05) is 18.3 Å². The number of aliphatic hydroxyl groups is 1. The third kappa shape index (κ3) is 2.28. The highest BCUT2D eigenvalue weighted by atomic mass is 16.2. The summed E-state index contributed by atoms with van der Waals surface area (Å²) in [5, 5.41) is 9.88. The predicted molar refractivity (Wildman–Crippen MR) is 62.8 cm³/mol. The maximum atomic E-state index is 8.60. The zero-order valence-corrected chi connectivity index (χ0v) is 8.63. The molecule has 1 N–H and O–H groups in total. The molecule has 0 saturated carbocycles. The van der Waals surface area contributed by atoms with Gasteiger partial charge in [0.1, 0.15) is 0 Å². The van der Waals surface area contributed by atoms with E-state index in [9.17, 15) is 0 Å². The number of para-hydroxylation sites is 1. The fraction of sp³-hybridized carbons (Fsp3) is 0.231. The average Bonchev–Trinajstić information content (AvgIpc) is 2.68. The van der Waals surface area contributed by atoms with Crippen molar-refractivity contribution in [2.45, 2.75) is 13.0 Å². The molecule has 2 aromatic rings. The van der Waals surface area contributed by atoms with Crippen molar-refractivity contribution in [3.05, 3.63) is 48.7 Å². The average molecular weight is 201 g/mol. The first-order valence-corrected chi connectivity index (χ1v) is 5.21. The van der Waals surface area contributed by atoms with Gasteiger partial charge in [-0.2, -0.15) is 0 Å². The van der Waals surface area contributed by atoms with E-state index in [0.29, 0.717) is 0 Å². The normalized spacial score (nSPS) is 11.5. The van der Waals surface area contributed by atoms with Crippen LogP contribution in [0.25, 0.3) is 10.9 Å². The minimum Gasteiger partial charge on any atom is -0.392 e. The first kappa shape index (κ1) is 9.99. The van der Waals surface area contributed by atoms with E-state index < -0.39 is 0 Å². The van der Waals surface area contributed by atoms with Gasteiger partial charge in [0.2, 0.25) is 0 Å². The Labute approximate surface area is 89.5 Å². The maximum absolute atomic E-state index is 8.60. The third-order valence-electron chi connectivity index (χ3n) is 2.49. The molecule has 0 amide bonds. The minimum absolute atomic E-state index is 0.131. The Morgan fingerprint density at radius 3 is 2.87 bits per heavy atom. The van der Waals surface area contributed by atoms with E-state index in [1.54, 1.807) is 6.08 Å². The zero-order chi connectivity index (χ0) is 10.5. The second-order valence-electron chi connectivity index (χ2n) is 3.51. The van der Waals surface area contributed by atoms with Gasteiger partial charge >= 0.3 is 0 Å². The van der Waals surface area contributed by atoms with Gasteiger partial charge in [0.05, 0.1) is 6.61 Å². The lowest BCUT2D eigenvalue weighted by Gasteiger charge is -2.02. The largest absolute Gasteiger partial charge is 0.392 e. The molecule has 78 valence electrons. The summed E-state index contributed by atoms with van der Waals surface area (Å²) >= 11 is 0. The number of aromatic nitrogens is 1. The van der Waals surface area contributed by atoms with E-state index in [1.165, 1.54) is 10.9 Å². The highest BCUT2D eigenvalue weighted by molar-refractivity contribution is 5.79. The molecule has 15 heavy (non-hydrogen) atoms. The molecule has 0 radical (unpaired) electrons. The molecular formula is C13H15NO. The number of fused-ring (bicyclic) bond motifs is 1. The second kappa shape index (κ2) is 4.80. The maximum Gasteiger partial charge on any atom is 0.0612 e. The molecule has 0 spiro atoms. The Morgan fingerprint density at radius 2 is 2.00 bits per heavy atom. The Hall–Kier alpha value is -1.54. The van der Waals surface area contributed by atoms with Crippen LogP contribution in [-0.2, 0) is 6.54 Å². The number of benzene rings is 1. The molecule has 0 saturated heterocycles. The smallest absolute Gasteiger partial charge is 0.0612 e. The quantitative estimate of drug-likeness (QED) is 0.756. The lowest BCUT2D eigenvalue weighted by atomic mass is 10.2.